The molecule has 2 N–H and O–H groups in total. The zero-order chi connectivity index (χ0) is 20.8. The van der Waals surface area contributed by atoms with Crippen molar-refractivity contribution in [1.82, 2.24) is 15.5 Å². The zero-order valence-corrected chi connectivity index (χ0v) is 16.6. The van der Waals surface area contributed by atoms with Crippen molar-refractivity contribution in [1.29, 1.82) is 0 Å². The van der Waals surface area contributed by atoms with Gasteiger partial charge in [0, 0.05) is 31.6 Å². The minimum absolute atomic E-state index is 0.0568. The monoisotopic (exact) mass is 401 g/mol. The third kappa shape index (κ3) is 4.88. The van der Waals surface area contributed by atoms with Crippen LogP contribution in [0.15, 0.2) is 30.9 Å². The molecule has 3 amide bonds. The molecule has 0 radical (unpaired) electrons. The SMILES string of the molecule is C=CCNC(=O)[C@H](NC(=O)c1ccc2c(c1)OCO2)C1CCN(C(=O)CC)CC1. The van der Waals surface area contributed by atoms with Crippen molar-refractivity contribution in [3.63, 3.8) is 0 Å². The van der Waals surface area contributed by atoms with Gasteiger partial charge in [-0.1, -0.05) is 13.0 Å². The molecule has 0 aromatic heterocycles. The Kier molecular flexibility index (Phi) is 6.74. The van der Waals surface area contributed by atoms with E-state index in [2.05, 4.69) is 17.2 Å². The predicted octanol–water partition coefficient (Wildman–Crippen LogP) is 1.46. The van der Waals surface area contributed by atoms with Crippen LogP contribution in [0.2, 0.25) is 0 Å². The quantitative estimate of drug-likeness (QED) is 0.675. The van der Waals surface area contributed by atoms with E-state index in [1.807, 2.05) is 11.8 Å². The number of nitrogens with one attached hydrogen (secondary N) is 2. The Bertz CT molecular complexity index is 787. The molecule has 29 heavy (non-hydrogen) atoms. The highest BCUT2D eigenvalue weighted by Gasteiger charge is 2.33. The summed E-state index contributed by atoms with van der Waals surface area (Å²) in [5.74, 6) is 0.555. The molecule has 3 rings (SSSR count). The highest BCUT2D eigenvalue weighted by molar-refractivity contribution is 5.98. The van der Waals surface area contributed by atoms with Crippen LogP contribution in [0.4, 0.5) is 0 Å². The lowest BCUT2D eigenvalue weighted by Gasteiger charge is -2.35. The van der Waals surface area contributed by atoms with Gasteiger partial charge in [-0.2, -0.15) is 0 Å². The molecule has 0 unspecified atom stereocenters. The van der Waals surface area contributed by atoms with Crippen LogP contribution < -0.4 is 20.1 Å². The largest absolute Gasteiger partial charge is 0.454 e. The fourth-order valence-electron chi connectivity index (χ4n) is 3.65. The van der Waals surface area contributed by atoms with E-state index in [1.54, 1.807) is 24.3 Å². The molecule has 1 aromatic carbocycles. The first kappa shape index (κ1) is 20.7. The van der Waals surface area contributed by atoms with E-state index < -0.39 is 6.04 Å². The predicted molar refractivity (Wildman–Crippen MR) is 107 cm³/mol. The summed E-state index contributed by atoms with van der Waals surface area (Å²) >= 11 is 0. The average molecular weight is 401 g/mol. The molecule has 2 aliphatic rings. The summed E-state index contributed by atoms with van der Waals surface area (Å²) in [4.78, 5) is 39.3. The second-order valence-electron chi connectivity index (χ2n) is 7.12. The minimum Gasteiger partial charge on any atom is -0.454 e. The number of nitrogens with zero attached hydrogens (tertiary/aromatic N) is 1. The number of carbonyl (C=O) groups excluding carboxylic acids is 3. The van der Waals surface area contributed by atoms with E-state index in [9.17, 15) is 14.4 Å². The van der Waals surface area contributed by atoms with Crippen LogP contribution in [0.25, 0.3) is 0 Å². The van der Waals surface area contributed by atoms with Gasteiger partial charge in [0.1, 0.15) is 6.04 Å². The Labute approximate surface area is 170 Å². The molecule has 156 valence electrons. The molecule has 1 saturated heterocycles. The molecule has 1 aromatic rings. The highest BCUT2D eigenvalue weighted by Crippen LogP contribution is 2.32. The summed E-state index contributed by atoms with van der Waals surface area (Å²) in [5.41, 5.74) is 0.398. The standard InChI is InChI=1S/C21H27N3O5/c1-3-9-22-21(27)19(14-7-10-24(11-8-14)18(25)4-2)23-20(26)15-5-6-16-17(12-15)29-13-28-16/h3,5-6,12,14,19H,1,4,7-11,13H2,2H3,(H,22,27)(H,23,26)/t19-/m1/s1. The van der Waals surface area contributed by atoms with Crippen molar-refractivity contribution >= 4 is 17.7 Å². The summed E-state index contributed by atoms with van der Waals surface area (Å²) in [7, 11) is 0. The summed E-state index contributed by atoms with van der Waals surface area (Å²) in [6.45, 7) is 7.07. The number of hydrogen-bond acceptors (Lipinski definition) is 5. The molecule has 8 heteroatoms. The maximum Gasteiger partial charge on any atom is 0.252 e. The number of carbonyl (C=O) groups is 3. The molecule has 0 aliphatic carbocycles. The van der Waals surface area contributed by atoms with Crippen LogP contribution >= 0.6 is 0 Å². The van der Waals surface area contributed by atoms with Crippen LogP contribution in [0.1, 0.15) is 36.5 Å². The van der Waals surface area contributed by atoms with Crippen LogP contribution in [0.3, 0.4) is 0 Å². The first-order valence-electron chi connectivity index (χ1n) is 9.90. The van der Waals surface area contributed by atoms with E-state index in [0.29, 0.717) is 56.0 Å². The molecule has 0 spiro atoms. The normalized spacial score (nSPS) is 16.8. The van der Waals surface area contributed by atoms with Gasteiger partial charge in [-0.25, -0.2) is 0 Å². The van der Waals surface area contributed by atoms with Crippen molar-refractivity contribution in [2.24, 2.45) is 5.92 Å². The van der Waals surface area contributed by atoms with Gasteiger partial charge >= 0.3 is 0 Å². The summed E-state index contributed by atoms with van der Waals surface area (Å²) < 4.78 is 10.6. The number of benzene rings is 1. The number of likely N-dealkylation sites (tertiary alicyclic amines) is 1. The highest BCUT2D eigenvalue weighted by atomic mass is 16.7. The first-order chi connectivity index (χ1) is 14.0. The number of amides is 3. The molecule has 0 saturated carbocycles. The second kappa shape index (κ2) is 9.45. The number of fused-ring (bicyclic) bond motifs is 1. The van der Waals surface area contributed by atoms with Crippen LogP contribution in [-0.4, -0.2) is 55.1 Å². The van der Waals surface area contributed by atoms with Gasteiger partial charge < -0.3 is 25.0 Å². The van der Waals surface area contributed by atoms with Crippen molar-refractivity contribution in [2.75, 3.05) is 26.4 Å². The second-order valence-corrected chi connectivity index (χ2v) is 7.12. The fourth-order valence-corrected chi connectivity index (χ4v) is 3.65. The number of piperidine rings is 1. The minimum atomic E-state index is -0.688. The third-order valence-corrected chi connectivity index (χ3v) is 5.29. The third-order valence-electron chi connectivity index (χ3n) is 5.29. The van der Waals surface area contributed by atoms with E-state index in [-0.39, 0.29) is 30.4 Å². The Morgan fingerprint density at radius 3 is 2.66 bits per heavy atom. The number of hydrogen-bond donors (Lipinski definition) is 2. The smallest absolute Gasteiger partial charge is 0.252 e. The molecule has 8 nitrogen and oxygen atoms in total. The van der Waals surface area contributed by atoms with Gasteiger partial charge in [-0.05, 0) is 37.0 Å². The lowest BCUT2D eigenvalue weighted by Crippen LogP contribution is -2.53. The van der Waals surface area contributed by atoms with Gasteiger partial charge in [-0.3, -0.25) is 14.4 Å². The van der Waals surface area contributed by atoms with Gasteiger partial charge in [0.05, 0.1) is 0 Å². The lowest BCUT2D eigenvalue weighted by molar-refractivity contribution is -0.132. The van der Waals surface area contributed by atoms with Crippen LogP contribution in [0, 0.1) is 5.92 Å². The van der Waals surface area contributed by atoms with Crippen molar-refractivity contribution in [3.8, 4) is 11.5 Å². The molecular weight excluding hydrogens is 374 g/mol. The first-order valence-corrected chi connectivity index (χ1v) is 9.90. The fraction of sp³-hybridized carbons (Fsp3) is 0.476. The van der Waals surface area contributed by atoms with Gasteiger partial charge in [-0.15, -0.1) is 6.58 Å². The Morgan fingerprint density at radius 1 is 1.24 bits per heavy atom. The zero-order valence-electron chi connectivity index (χ0n) is 16.6. The van der Waals surface area contributed by atoms with Gasteiger partial charge in [0.25, 0.3) is 5.91 Å². The molecule has 0 bridgehead atoms. The van der Waals surface area contributed by atoms with Crippen LogP contribution in [-0.2, 0) is 9.59 Å². The van der Waals surface area contributed by atoms with E-state index in [4.69, 9.17) is 9.47 Å². The van der Waals surface area contributed by atoms with Crippen molar-refractivity contribution in [2.45, 2.75) is 32.2 Å². The number of rotatable bonds is 7. The Balaban J connectivity index is 1.70. The summed E-state index contributed by atoms with van der Waals surface area (Å²) in [6, 6.07) is 4.24. The van der Waals surface area contributed by atoms with Crippen molar-refractivity contribution in [3.05, 3.63) is 36.4 Å². The number of ether oxygens (including phenoxy) is 2. The molecule has 2 aliphatic heterocycles. The van der Waals surface area contributed by atoms with Crippen molar-refractivity contribution < 1.29 is 23.9 Å². The summed E-state index contributed by atoms with van der Waals surface area (Å²) in [5, 5.41) is 5.65. The maximum absolute atomic E-state index is 12.8. The molecule has 2 heterocycles. The van der Waals surface area contributed by atoms with E-state index in [1.165, 1.54) is 0 Å². The lowest BCUT2D eigenvalue weighted by atomic mass is 9.88. The van der Waals surface area contributed by atoms with Gasteiger partial charge in [0.2, 0.25) is 18.6 Å². The maximum atomic E-state index is 12.8. The Morgan fingerprint density at radius 2 is 1.97 bits per heavy atom. The van der Waals surface area contributed by atoms with Crippen LogP contribution in [0.5, 0.6) is 11.5 Å². The van der Waals surface area contributed by atoms with Gasteiger partial charge in [0.15, 0.2) is 11.5 Å². The molecule has 1 atom stereocenters. The van der Waals surface area contributed by atoms with E-state index in [0.717, 1.165) is 0 Å². The van der Waals surface area contributed by atoms with E-state index >= 15 is 0 Å². The average Bonchev–Trinajstić information content (AvgIpc) is 3.23. The topological polar surface area (TPSA) is 97.0 Å². The summed E-state index contributed by atoms with van der Waals surface area (Å²) in [6.07, 6.45) is 3.37. The molecule has 1 fully saturated rings. The Hall–Kier alpha value is -3.03. The molecular formula is C21H27N3O5.